The molecule has 0 saturated heterocycles. The summed E-state index contributed by atoms with van der Waals surface area (Å²) in [4.78, 5) is 28.4. The lowest BCUT2D eigenvalue weighted by Gasteiger charge is -2.25. The molecule has 0 aliphatic carbocycles. The first kappa shape index (κ1) is 21.1. The van der Waals surface area contributed by atoms with Crippen LogP contribution >= 0.6 is 27.5 Å². The summed E-state index contributed by atoms with van der Waals surface area (Å²) in [6, 6.07) is 12.0. The van der Waals surface area contributed by atoms with Gasteiger partial charge >= 0.3 is 0 Å². The number of ether oxygens (including phenoxy) is 1. The third-order valence-electron chi connectivity index (χ3n) is 5.11. The predicted octanol–water partition coefficient (Wildman–Crippen LogP) is 5.57. The van der Waals surface area contributed by atoms with Crippen LogP contribution in [0.3, 0.4) is 0 Å². The number of amides is 1. The summed E-state index contributed by atoms with van der Waals surface area (Å²) >= 11 is 9.54. The lowest BCUT2D eigenvalue weighted by Crippen LogP contribution is -2.31. The first-order valence-electron chi connectivity index (χ1n) is 9.81. The Morgan fingerprint density at radius 3 is 2.60 bits per heavy atom. The molecule has 1 aliphatic heterocycles. The Bertz CT molecular complexity index is 1160. The van der Waals surface area contributed by atoms with E-state index in [0.29, 0.717) is 41.1 Å². The number of benzene rings is 2. The molecule has 0 fully saturated rings. The zero-order chi connectivity index (χ0) is 21.4. The van der Waals surface area contributed by atoms with E-state index in [9.17, 15) is 9.59 Å². The largest absolute Gasteiger partial charge is 0.450 e. The highest BCUT2D eigenvalue weighted by molar-refractivity contribution is 9.10. The maximum absolute atomic E-state index is 13.4. The topological polar surface area (TPSA) is 59.8 Å². The fourth-order valence-corrected chi connectivity index (χ4v) is 4.21. The van der Waals surface area contributed by atoms with Crippen molar-refractivity contribution in [3.63, 3.8) is 0 Å². The summed E-state index contributed by atoms with van der Waals surface area (Å²) in [7, 11) is 0. The van der Waals surface area contributed by atoms with Crippen LogP contribution in [0.4, 0.5) is 0 Å². The smallest absolute Gasteiger partial charge is 0.290 e. The van der Waals surface area contributed by atoms with Gasteiger partial charge in [0.2, 0.25) is 5.76 Å². The van der Waals surface area contributed by atoms with E-state index in [1.165, 1.54) is 0 Å². The van der Waals surface area contributed by atoms with Crippen LogP contribution in [0.1, 0.15) is 48.0 Å². The fraction of sp³-hybridized carbons (Fsp3) is 0.304. The first-order chi connectivity index (χ1) is 14.4. The molecule has 7 heteroatoms. The quantitative estimate of drug-likeness (QED) is 0.424. The van der Waals surface area contributed by atoms with Gasteiger partial charge in [-0.25, -0.2) is 0 Å². The summed E-state index contributed by atoms with van der Waals surface area (Å²) in [6.07, 6.45) is 0.779. The molecule has 30 heavy (non-hydrogen) atoms. The maximum Gasteiger partial charge on any atom is 0.290 e. The van der Waals surface area contributed by atoms with E-state index in [1.54, 1.807) is 23.1 Å². The van der Waals surface area contributed by atoms with Gasteiger partial charge in [0.05, 0.1) is 23.1 Å². The average Bonchev–Trinajstić information content (AvgIpc) is 2.99. The predicted molar refractivity (Wildman–Crippen MR) is 120 cm³/mol. The van der Waals surface area contributed by atoms with Gasteiger partial charge in [-0.2, -0.15) is 0 Å². The van der Waals surface area contributed by atoms with Crippen LogP contribution in [0, 0.1) is 0 Å². The van der Waals surface area contributed by atoms with Crippen LogP contribution in [0.5, 0.6) is 0 Å². The number of carbonyl (C=O) groups is 1. The molecule has 0 N–H and O–H groups in total. The fourth-order valence-electron chi connectivity index (χ4n) is 3.77. The Labute approximate surface area is 187 Å². The molecule has 5 nitrogen and oxygen atoms in total. The van der Waals surface area contributed by atoms with E-state index in [4.69, 9.17) is 20.8 Å². The number of carbonyl (C=O) groups excluding carboxylic acids is 1. The molecule has 0 saturated carbocycles. The van der Waals surface area contributed by atoms with Crippen molar-refractivity contribution in [2.24, 2.45) is 0 Å². The lowest BCUT2D eigenvalue weighted by atomic mass is 9.98. The Balaban J connectivity index is 1.81. The van der Waals surface area contributed by atoms with Crippen molar-refractivity contribution in [1.82, 2.24) is 4.90 Å². The van der Waals surface area contributed by atoms with Gasteiger partial charge in [-0.05, 0) is 56.2 Å². The average molecular weight is 491 g/mol. The molecule has 0 unspecified atom stereocenters. The van der Waals surface area contributed by atoms with E-state index < -0.39 is 6.04 Å². The summed E-state index contributed by atoms with van der Waals surface area (Å²) in [5.74, 6) is -0.177. The molecular formula is C23H21BrClNO4. The molecule has 1 aliphatic rings. The maximum atomic E-state index is 13.4. The Kier molecular flexibility index (Phi) is 6.00. The zero-order valence-corrected chi connectivity index (χ0v) is 19.0. The minimum Gasteiger partial charge on any atom is -0.450 e. The van der Waals surface area contributed by atoms with Gasteiger partial charge in [0.25, 0.3) is 5.91 Å². The molecule has 1 atom stereocenters. The molecule has 156 valence electrons. The van der Waals surface area contributed by atoms with E-state index in [2.05, 4.69) is 15.9 Å². The van der Waals surface area contributed by atoms with Crippen molar-refractivity contribution >= 4 is 44.4 Å². The minimum atomic E-state index is -0.515. The van der Waals surface area contributed by atoms with Gasteiger partial charge in [0.15, 0.2) is 5.43 Å². The molecule has 4 rings (SSSR count). The molecule has 3 aromatic rings. The Morgan fingerprint density at radius 2 is 1.90 bits per heavy atom. The van der Waals surface area contributed by atoms with Crippen molar-refractivity contribution in [2.75, 3.05) is 13.2 Å². The van der Waals surface area contributed by atoms with E-state index in [0.717, 1.165) is 10.0 Å². The van der Waals surface area contributed by atoms with Crippen molar-refractivity contribution < 1.29 is 13.9 Å². The normalized spacial score (nSPS) is 16.0. The number of nitrogens with zero attached hydrogens (tertiary/aromatic N) is 1. The van der Waals surface area contributed by atoms with Crippen molar-refractivity contribution in [2.45, 2.75) is 32.4 Å². The van der Waals surface area contributed by atoms with Crippen molar-refractivity contribution in [3.8, 4) is 0 Å². The standard InChI is InChI=1S/C23H21BrClNO4/c1-13(2)29-11-3-10-26-20(14-4-6-15(24)7-5-14)19-21(27)17-12-16(25)8-9-18(17)30-22(19)23(26)28/h4-9,12-13,20H,3,10-11H2,1-2H3/t20-/m1/s1. The molecule has 1 amide bonds. The molecular weight excluding hydrogens is 470 g/mol. The highest BCUT2D eigenvalue weighted by Gasteiger charge is 2.42. The molecule has 0 bridgehead atoms. The van der Waals surface area contributed by atoms with Gasteiger partial charge < -0.3 is 14.1 Å². The molecule has 1 aromatic heterocycles. The van der Waals surface area contributed by atoms with E-state index in [-0.39, 0.29) is 23.2 Å². The summed E-state index contributed by atoms with van der Waals surface area (Å²) < 4.78 is 12.5. The number of hydrogen-bond acceptors (Lipinski definition) is 4. The van der Waals surface area contributed by atoms with Crippen LogP contribution in [-0.2, 0) is 4.74 Å². The van der Waals surface area contributed by atoms with Gasteiger partial charge in [-0.15, -0.1) is 0 Å². The second-order valence-electron chi connectivity index (χ2n) is 7.54. The first-order valence-corrected chi connectivity index (χ1v) is 11.0. The summed E-state index contributed by atoms with van der Waals surface area (Å²) in [5, 5.41) is 0.822. The minimum absolute atomic E-state index is 0.104. The lowest BCUT2D eigenvalue weighted by molar-refractivity contribution is 0.0593. The van der Waals surface area contributed by atoms with Crippen molar-refractivity contribution in [3.05, 3.63) is 79.1 Å². The van der Waals surface area contributed by atoms with Gasteiger partial charge in [-0.1, -0.05) is 39.7 Å². The number of rotatable bonds is 6. The zero-order valence-electron chi connectivity index (χ0n) is 16.7. The molecule has 2 heterocycles. The summed E-state index contributed by atoms with van der Waals surface area (Å²) in [5.41, 5.74) is 1.35. The SMILES string of the molecule is CC(C)OCCCN1C(=O)c2oc3ccc(Cl)cc3c(=O)c2[C@H]1c1ccc(Br)cc1. The molecule has 2 aromatic carbocycles. The number of fused-ring (bicyclic) bond motifs is 2. The third kappa shape index (κ3) is 3.92. The van der Waals surface area contributed by atoms with Crippen LogP contribution in [0.25, 0.3) is 11.0 Å². The second kappa shape index (κ2) is 8.53. The second-order valence-corrected chi connectivity index (χ2v) is 8.89. The monoisotopic (exact) mass is 489 g/mol. The highest BCUT2D eigenvalue weighted by atomic mass is 79.9. The Morgan fingerprint density at radius 1 is 1.17 bits per heavy atom. The van der Waals surface area contributed by atoms with Crippen LogP contribution in [0.15, 0.2) is 56.1 Å². The Hall–Kier alpha value is -2.15. The highest BCUT2D eigenvalue weighted by Crippen LogP contribution is 2.38. The van der Waals surface area contributed by atoms with E-state index in [1.807, 2.05) is 38.1 Å². The third-order valence-corrected chi connectivity index (χ3v) is 5.87. The van der Waals surface area contributed by atoms with Gasteiger partial charge in [0, 0.05) is 22.6 Å². The molecule has 0 spiro atoms. The van der Waals surface area contributed by atoms with Crippen LogP contribution < -0.4 is 5.43 Å². The number of halogens is 2. The van der Waals surface area contributed by atoms with Crippen molar-refractivity contribution in [1.29, 1.82) is 0 Å². The summed E-state index contributed by atoms with van der Waals surface area (Å²) in [6.45, 7) is 4.93. The van der Waals surface area contributed by atoms with Crippen LogP contribution in [-0.4, -0.2) is 30.1 Å². The molecule has 0 radical (unpaired) electrons. The van der Waals surface area contributed by atoms with Gasteiger partial charge in [-0.3, -0.25) is 9.59 Å². The van der Waals surface area contributed by atoms with E-state index >= 15 is 0 Å². The van der Waals surface area contributed by atoms with Gasteiger partial charge in [0.1, 0.15) is 5.58 Å². The van der Waals surface area contributed by atoms with Crippen LogP contribution in [0.2, 0.25) is 5.02 Å². The number of hydrogen-bond donors (Lipinski definition) is 0.